The maximum Gasteiger partial charge on any atom is 0.246 e. The zero-order valence-corrected chi connectivity index (χ0v) is 20.3. The highest BCUT2D eigenvalue weighted by molar-refractivity contribution is 5.93. The SMILES string of the molecule is CC(C)c1ccc(C=CC(=O)N2CCCN(C(=O)C=Cc3ccc(C(C)C)cc3)CC2)cc1. The van der Waals surface area contributed by atoms with Crippen molar-refractivity contribution in [1.29, 1.82) is 0 Å². The molecule has 33 heavy (non-hydrogen) atoms. The minimum Gasteiger partial charge on any atom is -0.337 e. The normalized spacial score (nSPS) is 15.1. The molecule has 1 aliphatic rings. The third-order valence-corrected chi connectivity index (χ3v) is 6.16. The van der Waals surface area contributed by atoms with Crippen molar-refractivity contribution in [3.8, 4) is 0 Å². The smallest absolute Gasteiger partial charge is 0.246 e. The van der Waals surface area contributed by atoms with Crippen molar-refractivity contribution in [2.45, 2.75) is 46.0 Å². The highest BCUT2D eigenvalue weighted by atomic mass is 16.2. The second kappa shape index (κ2) is 11.6. The van der Waals surface area contributed by atoms with Crippen molar-refractivity contribution in [3.05, 3.63) is 82.9 Å². The summed E-state index contributed by atoms with van der Waals surface area (Å²) in [7, 11) is 0. The first-order valence-corrected chi connectivity index (χ1v) is 12.0. The molecule has 0 N–H and O–H groups in total. The van der Waals surface area contributed by atoms with Crippen molar-refractivity contribution in [2.75, 3.05) is 26.2 Å². The molecule has 0 bridgehead atoms. The predicted molar refractivity (Wildman–Crippen MR) is 137 cm³/mol. The Balaban J connectivity index is 1.52. The van der Waals surface area contributed by atoms with E-state index >= 15 is 0 Å². The van der Waals surface area contributed by atoms with E-state index in [1.165, 1.54) is 11.1 Å². The summed E-state index contributed by atoms with van der Waals surface area (Å²) < 4.78 is 0. The Labute approximate surface area is 198 Å². The van der Waals surface area contributed by atoms with E-state index in [9.17, 15) is 9.59 Å². The Morgan fingerprint density at radius 3 is 1.33 bits per heavy atom. The largest absolute Gasteiger partial charge is 0.337 e. The number of amides is 2. The topological polar surface area (TPSA) is 40.6 Å². The number of rotatable bonds is 6. The van der Waals surface area contributed by atoms with Gasteiger partial charge in [-0.2, -0.15) is 0 Å². The van der Waals surface area contributed by atoms with Crippen molar-refractivity contribution in [2.24, 2.45) is 0 Å². The molecule has 0 atom stereocenters. The van der Waals surface area contributed by atoms with Gasteiger partial charge in [0.2, 0.25) is 11.8 Å². The Morgan fingerprint density at radius 2 is 1.00 bits per heavy atom. The van der Waals surface area contributed by atoms with Gasteiger partial charge in [-0.1, -0.05) is 76.2 Å². The van der Waals surface area contributed by atoms with E-state index in [1.807, 2.05) is 46.2 Å². The molecule has 1 fully saturated rings. The number of benzene rings is 2. The fraction of sp³-hybridized carbons (Fsp3) is 0.379. The van der Waals surface area contributed by atoms with Gasteiger partial charge in [0, 0.05) is 38.3 Å². The molecule has 3 rings (SSSR count). The van der Waals surface area contributed by atoms with Crippen LogP contribution in [0.2, 0.25) is 0 Å². The third-order valence-electron chi connectivity index (χ3n) is 6.16. The van der Waals surface area contributed by atoms with Crippen LogP contribution in [0.1, 0.15) is 68.2 Å². The average Bonchev–Trinajstić information content (AvgIpc) is 3.08. The standard InChI is InChI=1S/C29H36N2O2/c1-22(2)26-12-6-24(7-13-26)10-16-28(32)30-18-5-19-31(21-20-30)29(33)17-11-25-8-14-27(15-9-25)23(3)4/h6-17,22-23H,5,18-21H2,1-4H3. The second-order valence-electron chi connectivity index (χ2n) is 9.31. The molecular weight excluding hydrogens is 408 g/mol. The molecule has 0 saturated carbocycles. The molecule has 0 aliphatic carbocycles. The van der Waals surface area contributed by atoms with E-state index in [-0.39, 0.29) is 11.8 Å². The van der Waals surface area contributed by atoms with Crippen molar-refractivity contribution in [1.82, 2.24) is 9.80 Å². The molecule has 1 heterocycles. The Morgan fingerprint density at radius 1 is 0.636 bits per heavy atom. The van der Waals surface area contributed by atoms with Crippen LogP contribution >= 0.6 is 0 Å². The molecule has 0 radical (unpaired) electrons. The quantitative estimate of drug-likeness (QED) is 0.535. The van der Waals surface area contributed by atoms with Gasteiger partial charge in [0.05, 0.1) is 0 Å². The molecule has 0 spiro atoms. The summed E-state index contributed by atoms with van der Waals surface area (Å²) in [6.07, 6.45) is 7.80. The Kier molecular flexibility index (Phi) is 8.65. The molecule has 1 saturated heterocycles. The highest BCUT2D eigenvalue weighted by Gasteiger charge is 2.19. The summed E-state index contributed by atoms with van der Waals surface area (Å²) in [5.74, 6) is 0.983. The van der Waals surface area contributed by atoms with Gasteiger partial charge in [-0.25, -0.2) is 0 Å². The minimum atomic E-state index is -0.00183. The zero-order valence-electron chi connectivity index (χ0n) is 20.3. The van der Waals surface area contributed by atoms with Crippen molar-refractivity contribution < 1.29 is 9.59 Å². The molecule has 2 aromatic carbocycles. The van der Waals surface area contributed by atoms with Gasteiger partial charge < -0.3 is 9.80 Å². The number of nitrogens with zero attached hydrogens (tertiary/aromatic N) is 2. The van der Waals surface area contributed by atoms with Crippen LogP contribution in [0.4, 0.5) is 0 Å². The summed E-state index contributed by atoms with van der Waals surface area (Å²) in [4.78, 5) is 29.0. The van der Waals surface area contributed by atoms with Gasteiger partial charge in [-0.15, -0.1) is 0 Å². The van der Waals surface area contributed by atoms with Gasteiger partial charge in [0.1, 0.15) is 0 Å². The molecule has 2 aromatic rings. The fourth-order valence-electron chi connectivity index (χ4n) is 3.89. The lowest BCUT2D eigenvalue weighted by atomic mass is 10.0. The summed E-state index contributed by atoms with van der Waals surface area (Å²) >= 11 is 0. The minimum absolute atomic E-state index is 0.00183. The van der Waals surface area contributed by atoms with Crippen LogP contribution in [0, 0.1) is 0 Å². The summed E-state index contributed by atoms with van der Waals surface area (Å²) in [5.41, 5.74) is 4.62. The third kappa shape index (κ3) is 7.18. The lowest BCUT2D eigenvalue weighted by molar-refractivity contribution is -0.128. The monoisotopic (exact) mass is 444 g/mol. The van der Waals surface area contributed by atoms with E-state index < -0.39 is 0 Å². The van der Waals surface area contributed by atoms with E-state index in [4.69, 9.17) is 0 Å². The fourth-order valence-corrected chi connectivity index (χ4v) is 3.89. The molecule has 174 valence electrons. The van der Waals surface area contributed by atoms with Crippen LogP contribution in [0.3, 0.4) is 0 Å². The highest BCUT2D eigenvalue weighted by Crippen LogP contribution is 2.17. The molecule has 4 nitrogen and oxygen atoms in total. The number of carbonyl (C=O) groups is 2. The van der Waals surface area contributed by atoms with E-state index in [1.54, 1.807) is 12.2 Å². The van der Waals surface area contributed by atoms with Gasteiger partial charge in [0.25, 0.3) is 0 Å². The van der Waals surface area contributed by atoms with Crippen LogP contribution in [0.5, 0.6) is 0 Å². The Bertz CT molecular complexity index is 904. The average molecular weight is 445 g/mol. The van der Waals surface area contributed by atoms with Gasteiger partial charge in [-0.05, 0) is 52.7 Å². The number of carbonyl (C=O) groups excluding carboxylic acids is 2. The lowest BCUT2D eigenvalue weighted by Crippen LogP contribution is -2.36. The van der Waals surface area contributed by atoms with Crippen LogP contribution in [0.25, 0.3) is 12.2 Å². The van der Waals surface area contributed by atoms with Crippen LogP contribution in [-0.4, -0.2) is 47.8 Å². The van der Waals surface area contributed by atoms with Crippen molar-refractivity contribution in [3.63, 3.8) is 0 Å². The zero-order chi connectivity index (χ0) is 23.8. The van der Waals surface area contributed by atoms with Gasteiger partial charge in [-0.3, -0.25) is 9.59 Å². The lowest BCUT2D eigenvalue weighted by Gasteiger charge is -2.20. The Hall–Kier alpha value is -3.14. The summed E-state index contributed by atoms with van der Waals surface area (Å²) in [5, 5.41) is 0. The van der Waals surface area contributed by atoms with E-state index in [0.717, 1.165) is 17.5 Å². The first-order chi connectivity index (χ1) is 15.8. The predicted octanol–water partition coefficient (Wildman–Crippen LogP) is 5.72. The van der Waals surface area contributed by atoms with Crippen LogP contribution in [0.15, 0.2) is 60.7 Å². The molecule has 4 heteroatoms. The maximum atomic E-state index is 12.7. The molecule has 0 unspecified atom stereocenters. The van der Waals surface area contributed by atoms with E-state index in [0.29, 0.717) is 38.0 Å². The number of hydrogen-bond acceptors (Lipinski definition) is 2. The van der Waals surface area contributed by atoms with Crippen molar-refractivity contribution >= 4 is 24.0 Å². The molecule has 2 amide bonds. The molecular formula is C29H36N2O2. The number of hydrogen-bond donors (Lipinski definition) is 0. The summed E-state index contributed by atoms with van der Waals surface area (Å²) in [6.45, 7) is 11.1. The molecule has 0 aromatic heterocycles. The first-order valence-electron chi connectivity index (χ1n) is 12.0. The van der Waals surface area contributed by atoms with Gasteiger partial charge >= 0.3 is 0 Å². The maximum absolute atomic E-state index is 12.7. The first kappa shape index (κ1) is 24.5. The summed E-state index contributed by atoms with van der Waals surface area (Å²) in [6, 6.07) is 16.6. The second-order valence-corrected chi connectivity index (χ2v) is 9.31. The van der Waals surface area contributed by atoms with Crippen LogP contribution in [-0.2, 0) is 9.59 Å². The molecule has 1 aliphatic heterocycles. The van der Waals surface area contributed by atoms with E-state index in [2.05, 4.69) is 52.0 Å². The van der Waals surface area contributed by atoms with Crippen LogP contribution < -0.4 is 0 Å². The van der Waals surface area contributed by atoms with Gasteiger partial charge in [0.15, 0.2) is 0 Å².